The molecule has 2 rings (SSSR count). The van der Waals surface area contributed by atoms with E-state index in [1.54, 1.807) is 25.1 Å². The van der Waals surface area contributed by atoms with E-state index < -0.39 is 10.0 Å². The van der Waals surface area contributed by atoms with Gasteiger partial charge in [0, 0.05) is 11.8 Å². The van der Waals surface area contributed by atoms with Crippen molar-refractivity contribution in [3.8, 4) is 0 Å². The van der Waals surface area contributed by atoms with Crippen molar-refractivity contribution >= 4 is 27.5 Å². The number of nitrogen functional groups attached to an aromatic ring is 1. The molecule has 1 unspecified atom stereocenters. The standard InChI is InChI=1S/C12H18N2O2S2/c1-9-4-2-6-11(13)12(9)18(15,16)14-8-10-5-3-7-17-10/h2,4,6,10,14H,3,5,7-8,13H2,1H3. The van der Waals surface area contributed by atoms with Crippen LogP contribution in [0.3, 0.4) is 0 Å². The zero-order valence-electron chi connectivity index (χ0n) is 10.3. The third-order valence-electron chi connectivity index (χ3n) is 3.04. The molecule has 1 aromatic carbocycles. The Bertz CT molecular complexity index is 503. The van der Waals surface area contributed by atoms with E-state index in [0.717, 1.165) is 12.2 Å². The summed E-state index contributed by atoms with van der Waals surface area (Å²) in [6, 6.07) is 5.14. The smallest absolute Gasteiger partial charge is 0.242 e. The molecule has 1 saturated heterocycles. The van der Waals surface area contributed by atoms with Crippen molar-refractivity contribution in [3.05, 3.63) is 23.8 Å². The maximum Gasteiger partial charge on any atom is 0.242 e. The second-order valence-corrected chi connectivity index (χ2v) is 7.59. The van der Waals surface area contributed by atoms with Gasteiger partial charge in [-0.1, -0.05) is 12.1 Å². The monoisotopic (exact) mass is 286 g/mol. The lowest BCUT2D eigenvalue weighted by molar-refractivity contribution is 0.579. The summed E-state index contributed by atoms with van der Waals surface area (Å²) in [6.07, 6.45) is 2.25. The molecule has 6 heteroatoms. The molecule has 0 saturated carbocycles. The fourth-order valence-corrected chi connectivity index (χ4v) is 4.86. The number of thioether (sulfide) groups is 1. The zero-order chi connectivity index (χ0) is 13.2. The van der Waals surface area contributed by atoms with E-state index in [-0.39, 0.29) is 4.90 Å². The van der Waals surface area contributed by atoms with Gasteiger partial charge in [0.25, 0.3) is 0 Å². The lowest BCUT2D eigenvalue weighted by Crippen LogP contribution is -2.30. The van der Waals surface area contributed by atoms with Crippen LogP contribution in [0.4, 0.5) is 5.69 Å². The quantitative estimate of drug-likeness (QED) is 0.827. The number of aryl methyl sites for hydroxylation is 1. The first-order valence-electron chi connectivity index (χ1n) is 5.97. The van der Waals surface area contributed by atoms with Crippen molar-refractivity contribution in [2.45, 2.75) is 29.9 Å². The maximum absolute atomic E-state index is 12.2. The average Bonchev–Trinajstić information content (AvgIpc) is 2.78. The predicted octanol–water partition coefficient (Wildman–Crippen LogP) is 1.75. The number of rotatable bonds is 4. The average molecular weight is 286 g/mol. The van der Waals surface area contributed by atoms with Gasteiger partial charge < -0.3 is 5.73 Å². The fourth-order valence-electron chi connectivity index (χ4n) is 2.12. The molecular formula is C12H18N2O2S2. The zero-order valence-corrected chi connectivity index (χ0v) is 12.0. The highest BCUT2D eigenvalue weighted by molar-refractivity contribution is 8.00. The molecule has 4 nitrogen and oxygen atoms in total. The molecule has 18 heavy (non-hydrogen) atoms. The van der Waals surface area contributed by atoms with Crippen molar-refractivity contribution in [1.82, 2.24) is 4.72 Å². The largest absolute Gasteiger partial charge is 0.398 e. The van der Waals surface area contributed by atoms with Gasteiger partial charge in [-0.15, -0.1) is 0 Å². The van der Waals surface area contributed by atoms with Gasteiger partial charge in [0.2, 0.25) is 10.0 Å². The minimum absolute atomic E-state index is 0.216. The SMILES string of the molecule is Cc1cccc(N)c1S(=O)(=O)NCC1CCCS1. The van der Waals surface area contributed by atoms with Crippen LogP contribution in [-0.2, 0) is 10.0 Å². The summed E-state index contributed by atoms with van der Waals surface area (Å²) in [5.41, 5.74) is 6.76. The molecule has 0 amide bonds. The summed E-state index contributed by atoms with van der Waals surface area (Å²) in [5, 5.41) is 0.394. The van der Waals surface area contributed by atoms with Gasteiger partial charge in [-0.2, -0.15) is 11.8 Å². The Morgan fingerprint density at radius 2 is 2.28 bits per heavy atom. The number of anilines is 1. The second-order valence-electron chi connectivity index (χ2n) is 4.48. The Morgan fingerprint density at radius 1 is 1.50 bits per heavy atom. The van der Waals surface area contributed by atoms with Gasteiger partial charge in [0.1, 0.15) is 4.90 Å². The Labute approximate surface area is 112 Å². The fraction of sp³-hybridized carbons (Fsp3) is 0.500. The topological polar surface area (TPSA) is 72.2 Å². The van der Waals surface area contributed by atoms with Crippen molar-refractivity contribution in [2.75, 3.05) is 18.0 Å². The van der Waals surface area contributed by atoms with E-state index in [1.165, 1.54) is 6.42 Å². The van der Waals surface area contributed by atoms with Crippen LogP contribution in [0, 0.1) is 6.92 Å². The summed E-state index contributed by atoms with van der Waals surface area (Å²) in [5.74, 6) is 1.12. The van der Waals surface area contributed by atoms with E-state index in [4.69, 9.17) is 5.73 Å². The summed E-state index contributed by atoms with van der Waals surface area (Å²) < 4.78 is 27.1. The molecule has 1 aliphatic heterocycles. The molecule has 100 valence electrons. The Morgan fingerprint density at radius 3 is 2.89 bits per heavy atom. The third kappa shape index (κ3) is 2.99. The molecule has 0 radical (unpaired) electrons. The molecular weight excluding hydrogens is 268 g/mol. The highest BCUT2D eigenvalue weighted by Crippen LogP contribution is 2.27. The van der Waals surface area contributed by atoms with Crippen LogP contribution in [0.15, 0.2) is 23.1 Å². The molecule has 1 aromatic rings. The maximum atomic E-state index is 12.2. The number of nitrogens with one attached hydrogen (secondary N) is 1. The summed E-state index contributed by atoms with van der Waals surface area (Å²) in [7, 11) is -3.50. The van der Waals surface area contributed by atoms with Crippen molar-refractivity contribution < 1.29 is 8.42 Å². The molecule has 0 aliphatic carbocycles. The van der Waals surface area contributed by atoms with E-state index in [9.17, 15) is 8.42 Å². The Kier molecular flexibility index (Phi) is 4.19. The first-order chi connectivity index (χ1) is 8.50. The lowest BCUT2D eigenvalue weighted by Gasteiger charge is -2.14. The van der Waals surface area contributed by atoms with Gasteiger partial charge in [0.05, 0.1) is 5.69 Å². The van der Waals surface area contributed by atoms with E-state index in [2.05, 4.69) is 4.72 Å². The third-order valence-corrected chi connectivity index (χ3v) is 6.08. The van der Waals surface area contributed by atoms with Crippen LogP contribution in [0.5, 0.6) is 0 Å². The first kappa shape index (κ1) is 13.7. The molecule has 0 bridgehead atoms. The predicted molar refractivity (Wildman–Crippen MR) is 76.3 cm³/mol. The van der Waals surface area contributed by atoms with Crippen LogP contribution in [-0.4, -0.2) is 26.0 Å². The molecule has 0 spiro atoms. The molecule has 1 atom stereocenters. The molecule has 0 aromatic heterocycles. The van der Waals surface area contributed by atoms with Gasteiger partial charge in [-0.25, -0.2) is 13.1 Å². The number of hydrogen-bond acceptors (Lipinski definition) is 4. The van der Waals surface area contributed by atoms with E-state index >= 15 is 0 Å². The minimum atomic E-state index is -3.50. The van der Waals surface area contributed by atoms with Gasteiger partial charge in [-0.3, -0.25) is 0 Å². The minimum Gasteiger partial charge on any atom is -0.398 e. The lowest BCUT2D eigenvalue weighted by atomic mass is 10.2. The van der Waals surface area contributed by atoms with Crippen molar-refractivity contribution in [2.24, 2.45) is 0 Å². The molecule has 1 aliphatic rings. The number of benzene rings is 1. The van der Waals surface area contributed by atoms with Gasteiger partial charge >= 0.3 is 0 Å². The molecule has 1 fully saturated rings. The van der Waals surface area contributed by atoms with Crippen LogP contribution in [0.25, 0.3) is 0 Å². The highest BCUT2D eigenvalue weighted by atomic mass is 32.2. The Balaban J connectivity index is 2.15. The number of nitrogens with two attached hydrogens (primary N) is 1. The van der Waals surface area contributed by atoms with Crippen LogP contribution in [0.1, 0.15) is 18.4 Å². The van der Waals surface area contributed by atoms with Crippen molar-refractivity contribution in [3.63, 3.8) is 0 Å². The summed E-state index contributed by atoms with van der Waals surface area (Å²) in [4.78, 5) is 0.216. The molecule has 3 N–H and O–H groups in total. The van der Waals surface area contributed by atoms with Crippen molar-refractivity contribution in [1.29, 1.82) is 0 Å². The highest BCUT2D eigenvalue weighted by Gasteiger charge is 2.22. The number of hydrogen-bond donors (Lipinski definition) is 2. The number of sulfonamides is 1. The van der Waals surface area contributed by atoms with E-state index in [0.29, 0.717) is 23.0 Å². The second kappa shape index (κ2) is 5.50. The van der Waals surface area contributed by atoms with Gasteiger partial charge in [-0.05, 0) is 37.1 Å². The summed E-state index contributed by atoms with van der Waals surface area (Å²) in [6.45, 7) is 2.25. The molecule has 1 heterocycles. The first-order valence-corrected chi connectivity index (χ1v) is 8.50. The van der Waals surface area contributed by atoms with Crippen LogP contribution < -0.4 is 10.5 Å². The summed E-state index contributed by atoms with van der Waals surface area (Å²) >= 11 is 1.83. The van der Waals surface area contributed by atoms with Gasteiger partial charge in [0.15, 0.2) is 0 Å². The van der Waals surface area contributed by atoms with Crippen LogP contribution >= 0.6 is 11.8 Å². The van der Waals surface area contributed by atoms with E-state index in [1.807, 2.05) is 11.8 Å². The normalized spacial score (nSPS) is 20.2. The Hall–Kier alpha value is -0.720. The van der Waals surface area contributed by atoms with Crippen LogP contribution in [0.2, 0.25) is 0 Å².